The summed E-state index contributed by atoms with van der Waals surface area (Å²) in [6, 6.07) is 16.7. The Morgan fingerprint density at radius 2 is 2.00 bits per heavy atom. The number of carbonyl (C=O) groups excluding carboxylic acids is 1. The van der Waals surface area contributed by atoms with Crippen LogP contribution in [0.4, 0.5) is 0 Å². The van der Waals surface area contributed by atoms with Gasteiger partial charge in [0.05, 0.1) is 11.6 Å². The highest BCUT2D eigenvalue weighted by Gasteiger charge is 2.29. The van der Waals surface area contributed by atoms with Crippen LogP contribution in [0.25, 0.3) is 11.1 Å². The van der Waals surface area contributed by atoms with Crippen LogP contribution in [0.3, 0.4) is 0 Å². The Morgan fingerprint density at radius 1 is 1.18 bits per heavy atom. The van der Waals surface area contributed by atoms with Crippen molar-refractivity contribution >= 4 is 5.97 Å². The molecule has 0 radical (unpaired) electrons. The van der Waals surface area contributed by atoms with Crippen LogP contribution in [0.5, 0.6) is 5.75 Å². The molecule has 1 N–H and O–H groups in total. The number of hydrogen-bond donors (Lipinski definition) is 1. The van der Waals surface area contributed by atoms with E-state index in [-0.39, 0.29) is 5.75 Å². The first-order chi connectivity index (χ1) is 13.6. The lowest BCUT2D eigenvalue weighted by Crippen LogP contribution is -2.13. The molecule has 0 aliphatic heterocycles. The van der Waals surface area contributed by atoms with Crippen molar-refractivity contribution in [2.24, 2.45) is 0 Å². The van der Waals surface area contributed by atoms with Crippen LogP contribution in [0.15, 0.2) is 54.7 Å². The van der Waals surface area contributed by atoms with Gasteiger partial charge >= 0.3 is 5.97 Å². The number of ether oxygens (including phenoxy) is 1. The number of para-hydroxylation sites is 1. The molecule has 0 amide bonds. The fourth-order valence-electron chi connectivity index (χ4n) is 3.75. The van der Waals surface area contributed by atoms with Crippen molar-refractivity contribution < 1.29 is 14.6 Å². The number of nitriles is 1. The average Bonchev–Trinajstić information content (AvgIpc) is 2.85. The molecule has 1 heterocycles. The number of aryl methyl sites for hydroxylation is 1. The minimum Gasteiger partial charge on any atom is -0.507 e. The van der Waals surface area contributed by atoms with E-state index in [1.54, 1.807) is 30.5 Å². The molecule has 1 aliphatic carbocycles. The third-order valence-electron chi connectivity index (χ3n) is 5.01. The lowest BCUT2D eigenvalue weighted by atomic mass is 9.94. The summed E-state index contributed by atoms with van der Waals surface area (Å²) in [5.41, 5.74) is 5.30. The molecule has 138 valence electrons. The summed E-state index contributed by atoms with van der Waals surface area (Å²) < 4.78 is 5.69. The molecule has 0 bridgehead atoms. The highest BCUT2D eigenvalue weighted by atomic mass is 16.5. The van der Waals surface area contributed by atoms with Gasteiger partial charge in [-0.25, -0.2) is 0 Å². The minimum atomic E-state index is -0.642. The molecule has 0 saturated carbocycles. The minimum absolute atomic E-state index is 0.161. The second kappa shape index (κ2) is 7.16. The van der Waals surface area contributed by atoms with Gasteiger partial charge in [-0.3, -0.25) is 9.78 Å². The van der Waals surface area contributed by atoms with Gasteiger partial charge in [-0.15, -0.1) is 0 Å². The van der Waals surface area contributed by atoms with E-state index in [9.17, 15) is 15.2 Å². The first-order valence-electron chi connectivity index (χ1n) is 9.04. The predicted molar refractivity (Wildman–Crippen MR) is 104 cm³/mol. The van der Waals surface area contributed by atoms with E-state index in [4.69, 9.17) is 4.74 Å². The molecule has 0 saturated heterocycles. The van der Waals surface area contributed by atoms with E-state index in [1.807, 2.05) is 24.3 Å². The van der Waals surface area contributed by atoms with Gasteiger partial charge < -0.3 is 9.84 Å². The third-order valence-corrected chi connectivity index (χ3v) is 5.01. The molecule has 0 fully saturated rings. The van der Waals surface area contributed by atoms with Crippen LogP contribution in [-0.4, -0.2) is 16.1 Å². The monoisotopic (exact) mass is 370 g/mol. The number of nitrogens with zero attached hydrogens (tertiary/aromatic N) is 2. The van der Waals surface area contributed by atoms with Gasteiger partial charge in [0.1, 0.15) is 5.75 Å². The van der Waals surface area contributed by atoms with Crippen molar-refractivity contribution in [2.45, 2.75) is 25.9 Å². The average molecular weight is 370 g/mol. The first-order valence-corrected chi connectivity index (χ1v) is 9.04. The highest BCUT2D eigenvalue weighted by molar-refractivity contribution is 5.71. The molecular weight excluding hydrogens is 352 g/mol. The number of rotatable bonds is 2. The zero-order valence-corrected chi connectivity index (χ0v) is 15.3. The fourth-order valence-corrected chi connectivity index (χ4v) is 3.75. The second-order valence-corrected chi connectivity index (χ2v) is 6.75. The van der Waals surface area contributed by atoms with E-state index < -0.39 is 12.1 Å². The van der Waals surface area contributed by atoms with Crippen LogP contribution in [-0.2, 0) is 22.4 Å². The SMILES string of the molecule is CC(=O)OC1c2cc(-c3ccccc3O)cnc2CCc2c(C#N)cccc21. The third kappa shape index (κ3) is 3.10. The topological polar surface area (TPSA) is 83.2 Å². The Bertz CT molecular complexity index is 1120. The molecule has 1 aliphatic rings. The number of fused-ring (bicyclic) bond motifs is 2. The molecule has 5 heteroatoms. The zero-order chi connectivity index (χ0) is 19.7. The number of phenols is 1. The van der Waals surface area contributed by atoms with Crippen LogP contribution in [0.2, 0.25) is 0 Å². The summed E-state index contributed by atoms with van der Waals surface area (Å²) >= 11 is 0. The van der Waals surface area contributed by atoms with Gasteiger partial charge in [-0.05, 0) is 36.6 Å². The van der Waals surface area contributed by atoms with Crippen LogP contribution >= 0.6 is 0 Å². The maximum atomic E-state index is 11.9. The van der Waals surface area contributed by atoms with Crippen molar-refractivity contribution in [3.8, 4) is 22.9 Å². The molecule has 4 rings (SSSR count). The van der Waals surface area contributed by atoms with Crippen LogP contribution in [0, 0.1) is 11.3 Å². The van der Waals surface area contributed by atoms with Gasteiger partial charge in [0.15, 0.2) is 6.10 Å². The fraction of sp³-hybridized carbons (Fsp3) is 0.174. The smallest absolute Gasteiger partial charge is 0.303 e. The summed E-state index contributed by atoms with van der Waals surface area (Å²) in [5, 5.41) is 19.7. The number of aromatic nitrogens is 1. The molecule has 1 aromatic heterocycles. The van der Waals surface area contributed by atoms with Crippen molar-refractivity contribution in [1.82, 2.24) is 4.98 Å². The van der Waals surface area contributed by atoms with E-state index in [0.29, 0.717) is 24.0 Å². The van der Waals surface area contributed by atoms with E-state index in [2.05, 4.69) is 11.1 Å². The van der Waals surface area contributed by atoms with Crippen molar-refractivity contribution in [3.63, 3.8) is 0 Å². The van der Waals surface area contributed by atoms with Gasteiger partial charge in [0.2, 0.25) is 0 Å². The van der Waals surface area contributed by atoms with E-state index >= 15 is 0 Å². The maximum absolute atomic E-state index is 11.9. The first kappa shape index (κ1) is 17.7. The van der Waals surface area contributed by atoms with Crippen LogP contribution in [0.1, 0.15) is 41.0 Å². The van der Waals surface area contributed by atoms with Gasteiger partial charge in [-0.1, -0.05) is 30.3 Å². The van der Waals surface area contributed by atoms with Gasteiger partial charge in [0, 0.05) is 41.1 Å². The normalized spacial score (nSPS) is 14.9. The summed E-state index contributed by atoms with van der Waals surface area (Å²) in [7, 11) is 0. The van der Waals surface area contributed by atoms with Gasteiger partial charge in [0.25, 0.3) is 0 Å². The largest absolute Gasteiger partial charge is 0.507 e. The second-order valence-electron chi connectivity index (χ2n) is 6.75. The number of hydrogen-bond acceptors (Lipinski definition) is 5. The van der Waals surface area contributed by atoms with Crippen molar-refractivity contribution in [3.05, 3.63) is 82.7 Å². The Hall–Kier alpha value is -3.65. The Morgan fingerprint density at radius 3 is 2.75 bits per heavy atom. The van der Waals surface area contributed by atoms with Gasteiger partial charge in [-0.2, -0.15) is 5.26 Å². The number of esters is 1. The molecule has 1 atom stereocenters. The Labute approximate surface area is 162 Å². The lowest BCUT2D eigenvalue weighted by molar-refractivity contribution is -0.144. The summed E-state index contributed by atoms with van der Waals surface area (Å²) in [6.45, 7) is 1.37. The van der Waals surface area contributed by atoms with Crippen LogP contribution < -0.4 is 0 Å². The number of phenolic OH excluding ortho intramolecular Hbond substituents is 1. The molecule has 2 aromatic carbocycles. The highest BCUT2D eigenvalue weighted by Crippen LogP contribution is 2.38. The van der Waals surface area contributed by atoms with E-state index in [1.165, 1.54) is 6.92 Å². The standard InChI is InChI=1S/C23H18N2O3/c1-14(26)28-23-19-7-4-5-15(12-24)17(19)9-10-21-20(23)11-16(13-25-21)18-6-2-3-8-22(18)27/h2-8,11,13,23,27H,9-10H2,1H3. The molecule has 0 spiro atoms. The number of carbonyl (C=O) groups is 1. The summed E-state index contributed by atoms with van der Waals surface area (Å²) in [5.74, 6) is -0.242. The molecule has 1 unspecified atom stereocenters. The molecule has 28 heavy (non-hydrogen) atoms. The Kier molecular flexibility index (Phi) is 4.54. The molecular formula is C23H18N2O3. The Balaban J connectivity index is 1.92. The van der Waals surface area contributed by atoms with E-state index in [0.717, 1.165) is 27.9 Å². The maximum Gasteiger partial charge on any atom is 0.303 e. The zero-order valence-electron chi connectivity index (χ0n) is 15.3. The lowest BCUT2D eigenvalue weighted by Gasteiger charge is -2.21. The molecule has 5 nitrogen and oxygen atoms in total. The number of pyridine rings is 1. The molecule has 3 aromatic rings. The van der Waals surface area contributed by atoms with Crippen molar-refractivity contribution in [2.75, 3.05) is 0 Å². The quantitative estimate of drug-likeness (QED) is 0.687. The predicted octanol–water partition coefficient (Wildman–Crippen LogP) is 4.08. The summed E-state index contributed by atoms with van der Waals surface area (Å²) in [4.78, 5) is 16.5. The van der Waals surface area contributed by atoms with Crippen molar-refractivity contribution in [1.29, 1.82) is 5.26 Å². The summed E-state index contributed by atoms with van der Waals surface area (Å²) in [6.07, 6.45) is 2.36. The number of benzene rings is 2. The number of aromatic hydroxyl groups is 1.